The highest BCUT2D eigenvalue weighted by molar-refractivity contribution is 6.36. The zero-order chi connectivity index (χ0) is 29.4. The highest BCUT2D eigenvalue weighted by Gasteiger charge is 2.36. The smallest absolute Gasteiger partial charge is 0.407 e. The molecule has 1 amide bonds. The Labute approximate surface area is 249 Å². The van der Waals surface area contributed by atoms with Crippen LogP contribution >= 0.6 is 11.6 Å². The van der Waals surface area contributed by atoms with E-state index >= 15 is 4.39 Å². The normalized spacial score (nSPS) is 21.0. The Morgan fingerprint density at radius 1 is 1.17 bits per heavy atom. The van der Waals surface area contributed by atoms with Gasteiger partial charge in [-0.05, 0) is 50.4 Å². The van der Waals surface area contributed by atoms with E-state index in [0.717, 1.165) is 47.1 Å². The molecule has 1 N–H and O–H groups in total. The second-order valence-electron chi connectivity index (χ2n) is 11.3. The molecule has 3 aromatic rings. The Morgan fingerprint density at radius 2 is 1.98 bits per heavy atom. The first-order valence-corrected chi connectivity index (χ1v) is 14.8. The summed E-state index contributed by atoms with van der Waals surface area (Å²) in [6.45, 7) is 3.12. The van der Waals surface area contributed by atoms with E-state index in [2.05, 4.69) is 21.9 Å². The van der Waals surface area contributed by atoms with Crippen molar-refractivity contribution in [3.63, 3.8) is 0 Å². The number of ether oxygens (including phenoxy) is 1. The predicted octanol–water partition coefficient (Wildman–Crippen LogP) is 5.15. The number of aromatic nitrogens is 1. The number of rotatable bonds is 6. The summed E-state index contributed by atoms with van der Waals surface area (Å²) in [7, 11) is 2.05. The molecule has 2 saturated heterocycles. The average Bonchev–Trinajstić information content (AvgIpc) is 3.40. The summed E-state index contributed by atoms with van der Waals surface area (Å²) in [6.07, 6.45) is 1.57. The van der Waals surface area contributed by atoms with Crippen LogP contribution in [-0.2, 0) is 13.0 Å². The van der Waals surface area contributed by atoms with Crippen LogP contribution in [0.5, 0.6) is 5.88 Å². The molecule has 0 saturated carbocycles. The number of benzene rings is 2. The number of anilines is 2. The summed E-state index contributed by atoms with van der Waals surface area (Å²) >= 11 is 6.65. The van der Waals surface area contributed by atoms with Crippen LogP contribution in [0, 0.1) is 17.1 Å². The molecule has 0 radical (unpaired) electrons. The van der Waals surface area contributed by atoms with E-state index in [1.165, 1.54) is 4.90 Å². The van der Waals surface area contributed by atoms with Gasteiger partial charge >= 0.3 is 6.09 Å². The van der Waals surface area contributed by atoms with Crippen LogP contribution in [-0.4, -0.2) is 84.4 Å². The van der Waals surface area contributed by atoms with Crippen molar-refractivity contribution in [3.8, 4) is 11.9 Å². The van der Waals surface area contributed by atoms with E-state index < -0.39 is 18.0 Å². The van der Waals surface area contributed by atoms with E-state index in [1.807, 2.05) is 42.3 Å². The largest absolute Gasteiger partial charge is 0.474 e. The zero-order valence-electron chi connectivity index (χ0n) is 23.6. The van der Waals surface area contributed by atoms with Crippen LogP contribution in [0.15, 0.2) is 36.4 Å². The van der Waals surface area contributed by atoms with Gasteiger partial charge < -0.3 is 29.4 Å². The lowest BCUT2D eigenvalue weighted by atomic mass is 9.98. The second-order valence-corrected chi connectivity index (χ2v) is 11.7. The maximum Gasteiger partial charge on any atom is 0.407 e. The summed E-state index contributed by atoms with van der Waals surface area (Å²) in [5.41, 5.74) is 2.95. The number of halogens is 2. The SMILES string of the molecule is CN1CCC[C@H]1COc1nc2c(c(N3CCN(C(=O)O)[C@@H](CC#N)C3)c1F)CCN(c1cccc3cccc(Cl)c13)C2. The molecule has 3 aliphatic heterocycles. The molecular weight excluding hydrogens is 559 g/mol. The first-order valence-electron chi connectivity index (χ1n) is 14.4. The lowest BCUT2D eigenvalue weighted by Gasteiger charge is -2.42. The van der Waals surface area contributed by atoms with E-state index in [-0.39, 0.29) is 31.4 Å². The topological polar surface area (TPSA) is 96.2 Å². The van der Waals surface area contributed by atoms with Crippen molar-refractivity contribution >= 4 is 39.8 Å². The van der Waals surface area contributed by atoms with Gasteiger partial charge in [0.25, 0.3) is 5.88 Å². The number of nitriles is 1. The molecule has 220 valence electrons. The Bertz CT molecular complexity index is 1540. The van der Waals surface area contributed by atoms with Crippen molar-refractivity contribution < 1.29 is 19.0 Å². The van der Waals surface area contributed by atoms with Gasteiger partial charge in [-0.2, -0.15) is 9.65 Å². The fourth-order valence-electron chi connectivity index (χ4n) is 6.64. The van der Waals surface area contributed by atoms with Crippen LogP contribution in [0.25, 0.3) is 10.8 Å². The Hall–Kier alpha value is -3.81. The van der Waals surface area contributed by atoms with Crippen molar-refractivity contribution in [1.29, 1.82) is 5.26 Å². The minimum absolute atomic E-state index is 0.0284. The third-order valence-electron chi connectivity index (χ3n) is 8.87. The number of piperazine rings is 1. The van der Waals surface area contributed by atoms with Crippen molar-refractivity contribution in [2.75, 3.05) is 56.2 Å². The van der Waals surface area contributed by atoms with Crippen LogP contribution in [0.1, 0.15) is 30.5 Å². The molecule has 2 atom stereocenters. The molecule has 2 fully saturated rings. The number of nitrogens with zero attached hydrogens (tertiary/aromatic N) is 6. The Balaban J connectivity index is 1.38. The van der Waals surface area contributed by atoms with E-state index in [4.69, 9.17) is 21.3 Å². The summed E-state index contributed by atoms with van der Waals surface area (Å²) in [6, 6.07) is 13.7. The van der Waals surface area contributed by atoms with Gasteiger partial charge in [0.15, 0.2) is 0 Å². The van der Waals surface area contributed by atoms with Crippen LogP contribution in [0.3, 0.4) is 0 Å². The quantitative estimate of drug-likeness (QED) is 0.420. The van der Waals surface area contributed by atoms with Gasteiger partial charge in [-0.3, -0.25) is 0 Å². The molecule has 4 heterocycles. The number of hydrogen-bond acceptors (Lipinski definition) is 7. The lowest BCUT2D eigenvalue weighted by Crippen LogP contribution is -2.55. The van der Waals surface area contributed by atoms with Crippen molar-refractivity contribution in [1.82, 2.24) is 14.8 Å². The van der Waals surface area contributed by atoms with E-state index in [0.29, 0.717) is 43.4 Å². The summed E-state index contributed by atoms with van der Waals surface area (Å²) < 4.78 is 22.5. The highest BCUT2D eigenvalue weighted by Crippen LogP contribution is 2.40. The van der Waals surface area contributed by atoms with Crippen molar-refractivity contribution in [3.05, 3.63) is 58.5 Å². The molecule has 6 rings (SSSR count). The monoisotopic (exact) mass is 592 g/mol. The first kappa shape index (κ1) is 28.3. The third kappa shape index (κ3) is 5.27. The number of hydrogen-bond donors (Lipinski definition) is 1. The van der Waals surface area contributed by atoms with Crippen LogP contribution in [0.2, 0.25) is 5.02 Å². The molecule has 0 bridgehead atoms. The number of fused-ring (bicyclic) bond motifs is 2. The van der Waals surface area contributed by atoms with E-state index in [1.54, 1.807) is 0 Å². The number of pyridine rings is 1. The predicted molar refractivity (Wildman–Crippen MR) is 160 cm³/mol. The first-order chi connectivity index (χ1) is 20.4. The van der Waals surface area contributed by atoms with Gasteiger partial charge in [0.05, 0.1) is 41.5 Å². The summed E-state index contributed by atoms with van der Waals surface area (Å²) in [5, 5.41) is 21.8. The molecule has 0 aliphatic carbocycles. The number of amides is 1. The second kappa shape index (κ2) is 11.8. The van der Waals surface area contributed by atoms with Crippen LogP contribution in [0.4, 0.5) is 20.6 Å². The standard InChI is InChI=1S/C31H34ClFN6O3/c1-36-13-4-7-22(36)19-42-30-28(33)29(38-15-16-39(31(40)41)21(17-38)10-12-34)23-11-14-37(18-25(23)35-30)26-9-3-6-20-5-2-8-24(32)27(20)26/h2-3,5-6,8-9,21-22H,4,7,10-11,13-19H2,1H3,(H,40,41)/t21-,22-/m0/s1. The Kier molecular flexibility index (Phi) is 7.97. The van der Waals surface area contributed by atoms with Crippen molar-refractivity contribution in [2.45, 2.75) is 44.3 Å². The average molecular weight is 593 g/mol. The van der Waals surface area contributed by atoms with Crippen molar-refractivity contribution in [2.24, 2.45) is 0 Å². The fourth-order valence-corrected chi connectivity index (χ4v) is 6.91. The van der Waals surface area contributed by atoms with E-state index in [9.17, 15) is 15.2 Å². The molecule has 2 aromatic carbocycles. The molecular formula is C31H34ClFN6O3. The fraction of sp³-hybridized carbons (Fsp3) is 0.452. The van der Waals surface area contributed by atoms with Gasteiger partial charge in [-0.1, -0.05) is 35.9 Å². The third-order valence-corrected chi connectivity index (χ3v) is 9.18. The minimum atomic E-state index is -1.07. The van der Waals surface area contributed by atoms with Gasteiger partial charge in [0.2, 0.25) is 5.82 Å². The number of carboxylic acid groups (broad SMARTS) is 1. The molecule has 42 heavy (non-hydrogen) atoms. The molecule has 0 unspecified atom stereocenters. The maximum absolute atomic E-state index is 16.4. The molecule has 11 heteroatoms. The molecule has 3 aliphatic rings. The maximum atomic E-state index is 16.4. The number of likely N-dealkylation sites (N-methyl/N-ethyl adjacent to an activating group) is 1. The molecule has 0 spiro atoms. The summed E-state index contributed by atoms with van der Waals surface area (Å²) in [5.74, 6) is -0.546. The molecule has 1 aromatic heterocycles. The zero-order valence-corrected chi connectivity index (χ0v) is 24.4. The number of likely N-dealkylation sites (tertiary alicyclic amines) is 1. The lowest BCUT2D eigenvalue weighted by molar-refractivity contribution is 0.119. The number of carbonyl (C=O) groups is 1. The highest BCUT2D eigenvalue weighted by atomic mass is 35.5. The summed E-state index contributed by atoms with van der Waals surface area (Å²) in [4.78, 5) is 24.2. The van der Waals surface area contributed by atoms with Crippen LogP contribution < -0.4 is 14.5 Å². The van der Waals surface area contributed by atoms with Gasteiger partial charge in [-0.15, -0.1) is 0 Å². The minimum Gasteiger partial charge on any atom is -0.474 e. The Morgan fingerprint density at radius 3 is 2.71 bits per heavy atom. The molecule has 9 nitrogen and oxygen atoms in total. The van der Waals surface area contributed by atoms with Gasteiger partial charge in [-0.25, -0.2) is 9.78 Å². The van der Waals surface area contributed by atoms with Gasteiger partial charge in [0, 0.05) is 48.9 Å². The van der Waals surface area contributed by atoms with Gasteiger partial charge in [0.1, 0.15) is 6.61 Å².